The number of aliphatic hydroxyl groups excluding tert-OH is 1. The molecule has 1 N–H and O–H groups in total. The summed E-state index contributed by atoms with van der Waals surface area (Å²) in [4.78, 5) is 2.18. The molecule has 2 nitrogen and oxygen atoms in total. The predicted octanol–water partition coefficient (Wildman–Crippen LogP) is 4.19. The lowest BCUT2D eigenvalue weighted by molar-refractivity contribution is 0.0494. The molecule has 1 aliphatic rings. The van der Waals surface area contributed by atoms with Gasteiger partial charge >= 0.3 is 0 Å². The molecule has 0 radical (unpaired) electrons. The van der Waals surface area contributed by atoms with Gasteiger partial charge < -0.3 is 10.0 Å². The third-order valence-corrected chi connectivity index (χ3v) is 4.97. The largest absolute Gasteiger partial charge is 0.393 e. The van der Waals surface area contributed by atoms with Crippen LogP contribution in [0.5, 0.6) is 0 Å². The predicted molar refractivity (Wildman–Crippen MR) is 85.7 cm³/mol. The second kappa shape index (κ2) is 7.13. The summed E-state index contributed by atoms with van der Waals surface area (Å²) in [6.45, 7) is 0.916. The standard InChI is InChI=1S/C16H23Cl2NO/c1-19(2)10-13(12-5-3-4-6-16(12)20)11-7-8-14(17)15(18)9-11/h7-9,12-13,16,20H,3-6,10H2,1-2H3/t12-,13?,16+/m1/s1. The van der Waals surface area contributed by atoms with Gasteiger partial charge in [0.25, 0.3) is 0 Å². The summed E-state index contributed by atoms with van der Waals surface area (Å²) in [6.07, 6.45) is 4.12. The van der Waals surface area contributed by atoms with E-state index in [4.69, 9.17) is 23.2 Å². The lowest BCUT2D eigenvalue weighted by atomic mass is 9.75. The number of aliphatic hydroxyl groups is 1. The van der Waals surface area contributed by atoms with E-state index in [1.807, 2.05) is 18.2 Å². The fraction of sp³-hybridized carbons (Fsp3) is 0.625. The smallest absolute Gasteiger partial charge is 0.0595 e. The Morgan fingerprint density at radius 3 is 2.50 bits per heavy atom. The van der Waals surface area contributed by atoms with Gasteiger partial charge in [-0.1, -0.05) is 42.1 Å². The molecule has 1 unspecified atom stereocenters. The van der Waals surface area contributed by atoms with E-state index in [0.29, 0.717) is 21.9 Å². The molecule has 1 aromatic carbocycles. The zero-order valence-electron chi connectivity index (χ0n) is 12.1. The fourth-order valence-electron chi connectivity index (χ4n) is 3.23. The molecular formula is C16H23Cl2NO. The minimum Gasteiger partial charge on any atom is -0.393 e. The third kappa shape index (κ3) is 3.88. The number of rotatable bonds is 4. The van der Waals surface area contributed by atoms with Crippen LogP contribution in [-0.2, 0) is 0 Å². The zero-order valence-corrected chi connectivity index (χ0v) is 13.7. The molecule has 2 rings (SSSR count). The molecule has 3 atom stereocenters. The van der Waals surface area contributed by atoms with Gasteiger partial charge in [0.15, 0.2) is 0 Å². The van der Waals surface area contributed by atoms with Crippen molar-refractivity contribution in [2.45, 2.75) is 37.7 Å². The number of hydrogen-bond donors (Lipinski definition) is 1. The van der Waals surface area contributed by atoms with Gasteiger partial charge in [-0.3, -0.25) is 0 Å². The number of nitrogens with zero attached hydrogens (tertiary/aromatic N) is 1. The van der Waals surface area contributed by atoms with E-state index in [1.165, 1.54) is 12.0 Å². The van der Waals surface area contributed by atoms with Gasteiger partial charge in [0.05, 0.1) is 16.1 Å². The Morgan fingerprint density at radius 1 is 1.20 bits per heavy atom. The van der Waals surface area contributed by atoms with E-state index < -0.39 is 0 Å². The van der Waals surface area contributed by atoms with Gasteiger partial charge in [-0.2, -0.15) is 0 Å². The molecule has 1 fully saturated rings. The number of likely N-dealkylation sites (N-methyl/N-ethyl adjacent to an activating group) is 1. The quantitative estimate of drug-likeness (QED) is 0.900. The lowest BCUT2D eigenvalue weighted by Crippen LogP contribution is -2.35. The van der Waals surface area contributed by atoms with E-state index in [1.54, 1.807) is 0 Å². The average molecular weight is 316 g/mol. The van der Waals surface area contributed by atoms with Crippen LogP contribution < -0.4 is 0 Å². The van der Waals surface area contributed by atoms with Crippen molar-refractivity contribution >= 4 is 23.2 Å². The molecule has 0 aromatic heterocycles. The molecule has 4 heteroatoms. The first-order valence-corrected chi connectivity index (χ1v) is 8.02. The average Bonchev–Trinajstić information content (AvgIpc) is 2.40. The third-order valence-electron chi connectivity index (χ3n) is 4.23. The summed E-state index contributed by atoms with van der Waals surface area (Å²) >= 11 is 12.2. The molecule has 0 saturated heterocycles. The minimum absolute atomic E-state index is 0.205. The number of halogens is 2. The van der Waals surface area contributed by atoms with Crippen LogP contribution in [0.4, 0.5) is 0 Å². The van der Waals surface area contributed by atoms with E-state index in [-0.39, 0.29) is 6.10 Å². The normalized spacial score (nSPS) is 24.9. The van der Waals surface area contributed by atoms with Crippen molar-refractivity contribution in [3.63, 3.8) is 0 Å². The van der Waals surface area contributed by atoms with Gasteiger partial charge in [-0.25, -0.2) is 0 Å². The molecule has 1 aliphatic carbocycles. The van der Waals surface area contributed by atoms with Gasteiger partial charge in [-0.15, -0.1) is 0 Å². The molecule has 0 heterocycles. The molecule has 1 aromatic rings. The Bertz CT molecular complexity index is 450. The van der Waals surface area contributed by atoms with Crippen molar-refractivity contribution in [3.8, 4) is 0 Å². The van der Waals surface area contributed by atoms with Crippen molar-refractivity contribution in [2.24, 2.45) is 5.92 Å². The summed E-state index contributed by atoms with van der Waals surface area (Å²) in [7, 11) is 4.14. The summed E-state index contributed by atoms with van der Waals surface area (Å²) < 4.78 is 0. The van der Waals surface area contributed by atoms with Crippen LogP contribution in [0, 0.1) is 5.92 Å². The molecule has 112 valence electrons. The van der Waals surface area contributed by atoms with Crippen LogP contribution in [-0.4, -0.2) is 36.8 Å². The second-order valence-electron chi connectivity index (χ2n) is 6.06. The molecular weight excluding hydrogens is 293 g/mol. The van der Waals surface area contributed by atoms with Crippen LogP contribution in [0.2, 0.25) is 10.0 Å². The Labute approximate surface area is 131 Å². The Hall–Kier alpha value is -0.280. The van der Waals surface area contributed by atoms with E-state index in [9.17, 15) is 5.11 Å². The number of benzene rings is 1. The zero-order chi connectivity index (χ0) is 14.7. The first kappa shape index (κ1) is 16.1. The Balaban J connectivity index is 2.28. The molecule has 20 heavy (non-hydrogen) atoms. The van der Waals surface area contributed by atoms with Gasteiger partial charge in [0.1, 0.15) is 0 Å². The topological polar surface area (TPSA) is 23.5 Å². The summed E-state index contributed by atoms with van der Waals surface area (Å²) in [5, 5.41) is 11.5. The first-order chi connectivity index (χ1) is 9.49. The monoisotopic (exact) mass is 315 g/mol. The maximum absolute atomic E-state index is 10.4. The molecule has 0 amide bonds. The minimum atomic E-state index is -0.205. The highest BCUT2D eigenvalue weighted by Gasteiger charge is 2.32. The van der Waals surface area contributed by atoms with Crippen LogP contribution in [0.15, 0.2) is 18.2 Å². The second-order valence-corrected chi connectivity index (χ2v) is 6.87. The maximum Gasteiger partial charge on any atom is 0.0595 e. The summed E-state index contributed by atoms with van der Waals surface area (Å²) in [6, 6.07) is 5.86. The van der Waals surface area contributed by atoms with Crippen molar-refractivity contribution < 1.29 is 5.11 Å². The summed E-state index contributed by atoms with van der Waals surface area (Å²) in [5.41, 5.74) is 1.18. The number of hydrogen-bond acceptors (Lipinski definition) is 2. The van der Waals surface area contributed by atoms with Gasteiger partial charge in [-0.05, 0) is 50.6 Å². The molecule has 0 aliphatic heterocycles. The Morgan fingerprint density at radius 2 is 1.90 bits per heavy atom. The Kier molecular flexibility index (Phi) is 5.74. The van der Waals surface area contributed by atoms with Crippen molar-refractivity contribution in [1.82, 2.24) is 4.90 Å². The van der Waals surface area contributed by atoms with E-state index in [0.717, 1.165) is 25.8 Å². The van der Waals surface area contributed by atoms with Gasteiger partial charge in [0.2, 0.25) is 0 Å². The van der Waals surface area contributed by atoms with Crippen molar-refractivity contribution in [2.75, 3.05) is 20.6 Å². The molecule has 1 saturated carbocycles. The van der Waals surface area contributed by atoms with Gasteiger partial charge in [0, 0.05) is 12.5 Å². The van der Waals surface area contributed by atoms with Crippen molar-refractivity contribution in [3.05, 3.63) is 33.8 Å². The van der Waals surface area contributed by atoms with Crippen LogP contribution in [0.1, 0.15) is 37.2 Å². The van der Waals surface area contributed by atoms with Crippen LogP contribution in [0.3, 0.4) is 0 Å². The fourth-order valence-corrected chi connectivity index (χ4v) is 3.54. The SMILES string of the molecule is CN(C)CC(c1ccc(Cl)c(Cl)c1)[C@H]1CCCC[C@@H]1O. The summed E-state index contributed by atoms with van der Waals surface area (Å²) in [5.74, 6) is 0.610. The first-order valence-electron chi connectivity index (χ1n) is 7.26. The highest BCUT2D eigenvalue weighted by atomic mass is 35.5. The highest BCUT2D eigenvalue weighted by Crippen LogP contribution is 2.38. The van der Waals surface area contributed by atoms with E-state index >= 15 is 0 Å². The van der Waals surface area contributed by atoms with Crippen LogP contribution >= 0.6 is 23.2 Å². The van der Waals surface area contributed by atoms with Crippen LogP contribution in [0.25, 0.3) is 0 Å². The van der Waals surface area contributed by atoms with E-state index in [2.05, 4.69) is 19.0 Å². The lowest BCUT2D eigenvalue weighted by Gasteiger charge is -2.36. The molecule has 0 bridgehead atoms. The maximum atomic E-state index is 10.4. The molecule has 0 spiro atoms. The highest BCUT2D eigenvalue weighted by molar-refractivity contribution is 6.42. The van der Waals surface area contributed by atoms with Crippen molar-refractivity contribution in [1.29, 1.82) is 0 Å².